The van der Waals surface area contributed by atoms with E-state index in [1.165, 1.54) is 7.05 Å². The van der Waals surface area contributed by atoms with Crippen molar-refractivity contribution in [1.82, 2.24) is 9.29 Å². The molecule has 0 saturated heterocycles. The minimum Gasteiger partial charge on any atom is -0.259 e. The van der Waals surface area contributed by atoms with Gasteiger partial charge in [-0.05, 0) is 35.9 Å². The maximum Gasteiger partial charge on any atom is 0.246 e. The summed E-state index contributed by atoms with van der Waals surface area (Å²) in [5.74, 6) is -1.83. The molecule has 3 rings (SSSR count). The molecule has 7 heteroatoms. The number of pyridine rings is 1. The van der Waals surface area contributed by atoms with Gasteiger partial charge in [0.2, 0.25) is 10.0 Å². The molecule has 26 heavy (non-hydrogen) atoms. The number of sulfonamides is 1. The third-order valence-corrected chi connectivity index (χ3v) is 5.83. The fraction of sp³-hybridized carbons (Fsp3) is 0.105. The first kappa shape index (κ1) is 18.2. The average Bonchev–Trinajstić information content (AvgIpc) is 2.65. The Balaban J connectivity index is 2.14. The topological polar surface area (TPSA) is 50.3 Å². The maximum absolute atomic E-state index is 14.1. The lowest BCUT2D eigenvalue weighted by Gasteiger charge is -2.27. The molecule has 3 aromatic rings. The summed E-state index contributed by atoms with van der Waals surface area (Å²) >= 11 is 0. The van der Waals surface area contributed by atoms with Crippen molar-refractivity contribution in [3.05, 3.63) is 95.8 Å². The first-order valence-corrected chi connectivity index (χ1v) is 9.24. The first-order valence-electron chi connectivity index (χ1n) is 7.80. The van der Waals surface area contributed by atoms with E-state index in [1.807, 2.05) is 0 Å². The highest BCUT2D eigenvalue weighted by molar-refractivity contribution is 7.89. The van der Waals surface area contributed by atoms with Gasteiger partial charge in [-0.25, -0.2) is 17.2 Å². The van der Waals surface area contributed by atoms with Crippen LogP contribution in [0.3, 0.4) is 0 Å². The van der Waals surface area contributed by atoms with Crippen molar-refractivity contribution in [3.63, 3.8) is 0 Å². The summed E-state index contributed by atoms with van der Waals surface area (Å²) in [5.41, 5.74) is 1.13. The van der Waals surface area contributed by atoms with E-state index in [-0.39, 0.29) is 0 Å². The van der Waals surface area contributed by atoms with Crippen LogP contribution in [0.4, 0.5) is 8.78 Å². The van der Waals surface area contributed by atoms with Crippen molar-refractivity contribution in [2.24, 2.45) is 0 Å². The zero-order valence-corrected chi connectivity index (χ0v) is 14.7. The molecule has 1 aromatic heterocycles. The van der Waals surface area contributed by atoms with Crippen molar-refractivity contribution in [1.29, 1.82) is 0 Å². The van der Waals surface area contributed by atoms with Gasteiger partial charge in [-0.15, -0.1) is 0 Å². The Bertz CT molecular complexity index is 957. The molecular formula is C19H16F2N2O2S. The Morgan fingerprint density at radius 3 is 2.31 bits per heavy atom. The van der Waals surface area contributed by atoms with E-state index in [2.05, 4.69) is 4.98 Å². The number of nitrogens with zero attached hydrogens (tertiary/aromatic N) is 2. The molecule has 1 heterocycles. The summed E-state index contributed by atoms with van der Waals surface area (Å²) in [6.45, 7) is 0. The number of rotatable bonds is 5. The number of hydrogen-bond donors (Lipinski definition) is 0. The van der Waals surface area contributed by atoms with E-state index in [9.17, 15) is 17.2 Å². The van der Waals surface area contributed by atoms with Crippen LogP contribution in [0.1, 0.15) is 17.3 Å². The normalized spacial score (nSPS) is 12.9. The number of aromatic nitrogens is 1. The van der Waals surface area contributed by atoms with Crippen molar-refractivity contribution < 1.29 is 17.2 Å². The van der Waals surface area contributed by atoms with Crippen LogP contribution in [-0.2, 0) is 10.0 Å². The Labute approximate surface area is 150 Å². The van der Waals surface area contributed by atoms with Gasteiger partial charge in [-0.2, -0.15) is 4.31 Å². The van der Waals surface area contributed by atoms with Crippen LogP contribution in [0.25, 0.3) is 0 Å². The second kappa shape index (κ2) is 7.31. The molecule has 0 bridgehead atoms. The predicted molar refractivity (Wildman–Crippen MR) is 93.8 cm³/mol. The van der Waals surface area contributed by atoms with Gasteiger partial charge >= 0.3 is 0 Å². The highest BCUT2D eigenvalue weighted by Crippen LogP contribution is 2.31. The van der Waals surface area contributed by atoms with Gasteiger partial charge in [0.05, 0.1) is 11.7 Å². The number of hydrogen-bond acceptors (Lipinski definition) is 3. The Morgan fingerprint density at radius 2 is 1.65 bits per heavy atom. The van der Waals surface area contributed by atoms with E-state index < -0.39 is 32.6 Å². The molecule has 2 aromatic carbocycles. The molecule has 0 aliphatic carbocycles. The highest BCUT2D eigenvalue weighted by Gasteiger charge is 2.33. The summed E-state index contributed by atoms with van der Waals surface area (Å²) < 4.78 is 54.6. The lowest BCUT2D eigenvalue weighted by Crippen LogP contribution is -2.33. The molecule has 1 atom stereocenters. The van der Waals surface area contributed by atoms with Gasteiger partial charge in [0.1, 0.15) is 16.5 Å². The molecule has 0 saturated carbocycles. The third kappa shape index (κ3) is 3.49. The molecule has 0 aliphatic heterocycles. The monoisotopic (exact) mass is 374 g/mol. The molecule has 0 fully saturated rings. The van der Waals surface area contributed by atoms with E-state index in [1.54, 1.807) is 54.7 Å². The van der Waals surface area contributed by atoms with Gasteiger partial charge in [0.15, 0.2) is 0 Å². The second-order valence-corrected chi connectivity index (χ2v) is 7.63. The van der Waals surface area contributed by atoms with Crippen LogP contribution >= 0.6 is 0 Å². The minimum absolute atomic E-state index is 0.474. The summed E-state index contributed by atoms with van der Waals surface area (Å²) in [6, 6.07) is 15.6. The SMILES string of the molecule is CN(C(c1ccccc1)c1ccccn1)S(=O)(=O)c1cc(F)ccc1F. The largest absolute Gasteiger partial charge is 0.259 e. The quantitative estimate of drug-likeness (QED) is 0.683. The van der Waals surface area contributed by atoms with Gasteiger partial charge in [0.25, 0.3) is 0 Å². The molecule has 1 unspecified atom stereocenters. The number of halogens is 2. The van der Waals surface area contributed by atoms with Crippen LogP contribution in [0.5, 0.6) is 0 Å². The van der Waals surface area contributed by atoms with Crippen molar-refractivity contribution in [3.8, 4) is 0 Å². The summed E-state index contributed by atoms with van der Waals surface area (Å²) in [6.07, 6.45) is 1.55. The molecule has 4 nitrogen and oxygen atoms in total. The van der Waals surface area contributed by atoms with Gasteiger partial charge in [0, 0.05) is 13.2 Å². The second-order valence-electron chi connectivity index (χ2n) is 5.66. The van der Waals surface area contributed by atoms with Gasteiger partial charge in [-0.1, -0.05) is 36.4 Å². The molecule has 0 N–H and O–H groups in total. The molecule has 0 amide bonds. The fourth-order valence-electron chi connectivity index (χ4n) is 2.71. The fourth-order valence-corrected chi connectivity index (χ4v) is 4.10. The van der Waals surface area contributed by atoms with Crippen LogP contribution in [0.15, 0.2) is 77.8 Å². The molecule has 0 radical (unpaired) electrons. The first-order chi connectivity index (χ1) is 12.4. The molecular weight excluding hydrogens is 358 g/mol. The van der Waals surface area contributed by atoms with E-state index in [0.29, 0.717) is 17.3 Å². The minimum atomic E-state index is -4.31. The van der Waals surface area contributed by atoms with Crippen LogP contribution in [-0.4, -0.2) is 24.8 Å². The van der Waals surface area contributed by atoms with Crippen LogP contribution in [0, 0.1) is 11.6 Å². The summed E-state index contributed by atoms with van der Waals surface area (Å²) in [7, 11) is -2.98. The average molecular weight is 374 g/mol. The third-order valence-electron chi connectivity index (χ3n) is 4.00. The standard InChI is InChI=1S/C19H16F2N2O2S/c1-23(26(24,25)18-13-15(20)10-11-16(18)21)19(14-7-3-2-4-8-14)17-9-5-6-12-22-17/h2-13,19H,1H3. The van der Waals surface area contributed by atoms with Gasteiger partial charge < -0.3 is 0 Å². The molecule has 0 spiro atoms. The lowest BCUT2D eigenvalue weighted by molar-refractivity contribution is 0.407. The van der Waals surface area contributed by atoms with E-state index in [4.69, 9.17) is 0 Å². The van der Waals surface area contributed by atoms with E-state index >= 15 is 0 Å². The Morgan fingerprint density at radius 1 is 0.962 bits per heavy atom. The van der Waals surface area contributed by atoms with Gasteiger partial charge in [-0.3, -0.25) is 4.98 Å². The smallest absolute Gasteiger partial charge is 0.246 e. The Kier molecular flexibility index (Phi) is 5.11. The summed E-state index contributed by atoms with van der Waals surface area (Å²) in [4.78, 5) is 3.54. The van der Waals surface area contributed by atoms with Crippen LogP contribution < -0.4 is 0 Å². The van der Waals surface area contributed by atoms with Crippen molar-refractivity contribution >= 4 is 10.0 Å². The van der Waals surface area contributed by atoms with Crippen LogP contribution in [0.2, 0.25) is 0 Å². The van der Waals surface area contributed by atoms with E-state index in [0.717, 1.165) is 16.4 Å². The number of benzene rings is 2. The zero-order valence-electron chi connectivity index (χ0n) is 13.9. The highest BCUT2D eigenvalue weighted by atomic mass is 32.2. The van der Waals surface area contributed by atoms with Crippen molar-refractivity contribution in [2.75, 3.05) is 7.05 Å². The zero-order chi connectivity index (χ0) is 18.7. The predicted octanol–water partition coefficient (Wildman–Crippen LogP) is 3.77. The van der Waals surface area contributed by atoms with Crippen molar-refractivity contribution in [2.45, 2.75) is 10.9 Å². The summed E-state index contributed by atoms with van der Waals surface area (Å²) in [5, 5.41) is 0. The molecule has 0 aliphatic rings. The lowest BCUT2D eigenvalue weighted by atomic mass is 10.0. The Hall–Kier alpha value is -2.64. The maximum atomic E-state index is 14.1. The molecule has 134 valence electrons.